The van der Waals surface area contributed by atoms with Crippen molar-refractivity contribution in [2.75, 3.05) is 12.4 Å². The minimum atomic E-state index is -4.11. The van der Waals surface area contributed by atoms with E-state index in [9.17, 15) is 17.6 Å². The lowest BCUT2D eigenvalue weighted by Crippen LogP contribution is -2.18. The Labute approximate surface area is 269 Å². The number of benzene rings is 4. The number of aromatic nitrogens is 3. The third-order valence-electron chi connectivity index (χ3n) is 7.20. The van der Waals surface area contributed by atoms with Crippen LogP contribution in [0.3, 0.4) is 0 Å². The van der Waals surface area contributed by atoms with Crippen LogP contribution < -0.4 is 10.1 Å². The number of halogens is 2. The van der Waals surface area contributed by atoms with Gasteiger partial charge >= 0.3 is 5.97 Å². The molecule has 2 aromatic heterocycles. The number of carbonyl (C=O) groups excluding carboxylic acids is 1. The van der Waals surface area contributed by atoms with Gasteiger partial charge in [0, 0.05) is 22.8 Å². The molecule has 9 nitrogen and oxygen atoms in total. The molecule has 6 aromatic rings. The van der Waals surface area contributed by atoms with Crippen LogP contribution in [-0.2, 0) is 21.4 Å². The van der Waals surface area contributed by atoms with Gasteiger partial charge in [0.15, 0.2) is 0 Å². The molecule has 0 spiro atoms. The molecule has 1 N–H and O–H groups in total. The molecule has 46 heavy (non-hydrogen) atoms. The molecule has 0 aliphatic rings. The fourth-order valence-corrected chi connectivity index (χ4v) is 6.41. The van der Waals surface area contributed by atoms with Crippen molar-refractivity contribution < 1.29 is 27.1 Å². The summed E-state index contributed by atoms with van der Waals surface area (Å²) in [6, 6.07) is 24.5. The minimum absolute atomic E-state index is 0.0350. The van der Waals surface area contributed by atoms with Gasteiger partial charge in [0.05, 0.1) is 22.5 Å². The topological polar surface area (TPSA) is 112 Å². The number of ether oxygens (including phenoxy) is 2. The molecule has 0 saturated carbocycles. The van der Waals surface area contributed by atoms with E-state index in [-0.39, 0.29) is 23.0 Å². The van der Waals surface area contributed by atoms with Crippen LogP contribution in [0.4, 0.5) is 15.9 Å². The second kappa shape index (κ2) is 12.6. The molecule has 0 amide bonds. The van der Waals surface area contributed by atoms with Gasteiger partial charge in [-0.05, 0) is 78.7 Å². The zero-order chi connectivity index (χ0) is 32.4. The van der Waals surface area contributed by atoms with Gasteiger partial charge < -0.3 is 14.8 Å². The number of fused-ring (bicyclic) bond motifs is 1. The highest BCUT2D eigenvalue weighted by Gasteiger charge is 2.25. The van der Waals surface area contributed by atoms with Crippen molar-refractivity contribution in [2.24, 2.45) is 0 Å². The average molecular weight is 657 g/mol. The standard InChI is InChI=1S/C34H26ClFN4O5S/c1-21-6-10-27(11-7-21)46(42,43)40-18-24(16-31(40)34(41)44-2)23-8-12-30-28(15-23)33(38-20-37-30)39-26-9-13-32(29(35)17-26)45-19-22-4-3-5-25(36)14-22/h3-18,20H,19H2,1-2H3,(H,37,38,39). The molecule has 232 valence electrons. The van der Waals surface area contributed by atoms with Gasteiger partial charge in [-0.15, -0.1) is 0 Å². The van der Waals surface area contributed by atoms with Crippen LogP contribution in [0.2, 0.25) is 5.02 Å². The molecule has 0 saturated heterocycles. The molecule has 0 aliphatic carbocycles. The fourth-order valence-electron chi connectivity index (χ4n) is 4.83. The summed E-state index contributed by atoms with van der Waals surface area (Å²) in [5.74, 6) is -0.247. The highest BCUT2D eigenvalue weighted by Crippen LogP contribution is 2.33. The van der Waals surface area contributed by atoms with Crippen molar-refractivity contribution in [3.05, 3.63) is 131 Å². The van der Waals surface area contributed by atoms with Crippen LogP contribution in [0.5, 0.6) is 5.75 Å². The van der Waals surface area contributed by atoms with Crippen molar-refractivity contribution >= 4 is 50.0 Å². The van der Waals surface area contributed by atoms with Gasteiger partial charge in [-0.25, -0.2) is 31.5 Å². The fraction of sp³-hybridized carbons (Fsp3) is 0.0882. The van der Waals surface area contributed by atoms with Gasteiger partial charge in [0.2, 0.25) is 0 Å². The highest BCUT2D eigenvalue weighted by atomic mass is 35.5. The monoisotopic (exact) mass is 656 g/mol. The molecule has 6 rings (SSSR count). The summed E-state index contributed by atoms with van der Waals surface area (Å²) in [5, 5.41) is 4.23. The number of hydrogen-bond donors (Lipinski definition) is 1. The largest absolute Gasteiger partial charge is 0.487 e. The smallest absolute Gasteiger partial charge is 0.355 e. The Bertz CT molecular complexity index is 2200. The van der Waals surface area contributed by atoms with Gasteiger partial charge in [-0.2, -0.15) is 0 Å². The molecule has 0 atom stereocenters. The van der Waals surface area contributed by atoms with E-state index in [2.05, 4.69) is 15.3 Å². The first-order chi connectivity index (χ1) is 22.1. The van der Waals surface area contributed by atoms with E-state index in [0.717, 1.165) is 9.54 Å². The third kappa shape index (κ3) is 6.28. The lowest BCUT2D eigenvalue weighted by atomic mass is 10.1. The molecular formula is C34H26ClFN4O5S. The number of rotatable bonds is 9. The molecule has 4 aromatic carbocycles. The lowest BCUT2D eigenvalue weighted by Gasteiger charge is -2.12. The first-order valence-corrected chi connectivity index (χ1v) is 15.8. The van der Waals surface area contributed by atoms with E-state index >= 15 is 0 Å². The Kier molecular flexibility index (Phi) is 8.44. The number of hydrogen-bond acceptors (Lipinski definition) is 8. The Morgan fingerprint density at radius 1 is 0.957 bits per heavy atom. The summed E-state index contributed by atoms with van der Waals surface area (Å²) < 4.78 is 52.3. The van der Waals surface area contributed by atoms with E-state index in [1.807, 2.05) is 6.92 Å². The van der Waals surface area contributed by atoms with E-state index in [0.29, 0.717) is 49.9 Å². The third-order valence-corrected chi connectivity index (χ3v) is 9.19. The Balaban J connectivity index is 1.31. The van der Waals surface area contributed by atoms with Gasteiger partial charge in [0.1, 0.15) is 36.0 Å². The molecule has 0 fully saturated rings. The predicted octanol–water partition coefficient (Wildman–Crippen LogP) is 7.55. The van der Waals surface area contributed by atoms with Crippen LogP contribution >= 0.6 is 11.6 Å². The molecule has 12 heteroatoms. The Morgan fingerprint density at radius 3 is 2.50 bits per heavy atom. The number of anilines is 2. The minimum Gasteiger partial charge on any atom is -0.487 e. The number of nitrogens with zero attached hydrogens (tertiary/aromatic N) is 3. The predicted molar refractivity (Wildman–Crippen MR) is 174 cm³/mol. The summed E-state index contributed by atoms with van der Waals surface area (Å²) in [4.78, 5) is 21.5. The molecule has 0 bridgehead atoms. The van der Waals surface area contributed by atoms with Crippen molar-refractivity contribution in [1.29, 1.82) is 0 Å². The van der Waals surface area contributed by atoms with Crippen LogP contribution in [0.15, 0.2) is 108 Å². The second-order valence-electron chi connectivity index (χ2n) is 10.4. The normalized spacial score (nSPS) is 11.4. The Morgan fingerprint density at radius 2 is 1.76 bits per heavy atom. The first kappa shape index (κ1) is 30.8. The molecule has 0 aliphatic heterocycles. The number of nitrogens with one attached hydrogen (secondary N) is 1. The molecule has 0 radical (unpaired) electrons. The first-order valence-electron chi connectivity index (χ1n) is 13.9. The summed E-state index contributed by atoms with van der Waals surface area (Å²) in [7, 11) is -2.92. The molecular weight excluding hydrogens is 631 g/mol. The van der Waals surface area contributed by atoms with Crippen molar-refractivity contribution in [3.63, 3.8) is 0 Å². The van der Waals surface area contributed by atoms with E-state index in [1.165, 1.54) is 50.0 Å². The zero-order valence-electron chi connectivity index (χ0n) is 24.6. The van der Waals surface area contributed by atoms with E-state index in [4.69, 9.17) is 21.1 Å². The maximum Gasteiger partial charge on any atom is 0.355 e. The zero-order valence-corrected chi connectivity index (χ0v) is 26.1. The highest BCUT2D eigenvalue weighted by molar-refractivity contribution is 7.90. The van der Waals surface area contributed by atoms with Crippen LogP contribution in [-0.4, -0.2) is 35.4 Å². The van der Waals surface area contributed by atoms with E-state index < -0.39 is 16.0 Å². The van der Waals surface area contributed by atoms with Crippen LogP contribution in [0, 0.1) is 12.7 Å². The summed E-state index contributed by atoms with van der Waals surface area (Å²) in [5.41, 5.74) is 3.76. The average Bonchev–Trinajstić information content (AvgIpc) is 3.51. The maximum atomic E-state index is 13.6. The molecule has 2 heterocycles. The SMILES string of the molecule is COC(=O)c1cc(-c2ccc3ncnc(Nc4ccc(OCc5cccc(F)c5)c(Cl)c4)c3c2)cn1S(=O)(=O)c1ccc(C)cc1. The Hall–Kier alpha value is -5.26. The second-order valence-corrected chi connectivity index (χ2v) is 12.6. The van der Waals surface area contributed by atoms with Crippen molar-refractivity contribution in [1.82, 2.24) is 13.9 Å². The number of esters is 1. The lowest BCUT2D eigenvalue weighted by molar-refractivity contribution is 0.0593. The molecule has 0 unspecified atom stereocenters. The maximum absolute atomic E-state index is 13.6. The van der Waals surface area contributed by atoms with Gasteiger partial charge in [0.25, 0.3) is 10.0 Å². The number of carbonyl (C=O) groups is 1. The van der Waals surface area contributed by atoms with Gasteiger partial charge in [-0.3, -0.25) is 0 Å². The summed E-state index contributed by atoms with van der Waals surface area (Å²) in [6.45, 7) is 2.00. The summed E-state index contributed by atoms with van der Waals surface area (Å²) in [6.07, 6.45) is 2.81. The summed E-state index contributed by atoms with van der Waals surface area (Å²) >= 11 is 6.50. The van der Waals surface area contributed by atoms with Gasteiger partial charge in [-0.1, -0.05) is 47.5 Å². The quantitative estimate of drug-likeness (QED) is 0.159. The van der Waals surface area contributed by atoms with Crippen LogP contribution in [0.25, 0.3) is 22.0 Å². The number of aryl methyl sites for hydroxylation is 1. The van der Waals surface area contributed by atoms with Crippen LogP contribution in [0.1, 0.15) is 21.6 Å². The van der Waals surface area contributed by atoms with Crippen molar-refractivity contribution in [3.8, 4) is 16.9 Å². The van der Waals surface area contributed by atoms with Crippen molar-refractivity contribution in [2.45, 2.75) is 18.4 Å². The number of methoxy groups -OCH3 is 1. The van der Waals surface area contributed by atoms with E-state index in [1.54, 1.807) is 60.7 Å².